The zero-order chi connectivity index (χ0) is 23.8. The van der Waals surface area contributed by atoms with Crippen LogP contribution >= 0.6 is 0 Å². The van der Waals surface area contributed by atoms with Crippen molar-refractivity contribution in [2.45, 2.75) is 57.7 Å². The molecule has 3 saturated heterocycles. The van der Waals surface area contributed by atoms with Crippen LogP contribution in [0.2, 0.25) is 0 Å². The van der Waals surface area contributed by atoms with Gasteiger partial charge in [0.1, 0.15) is 6.61 Å². The van der Waals surface area contributed by atoms with Crippen molar-refractivity contribution >= 4 is 12.0 Å². The van der Waals surface area contributed by atoms with Gasteiger partial charge in [0.2, 0.25) is 5.91 Å². The van der Waals surface area contributed by atoms with Crippen molar-refractivity contribution < 1.29 is 14.3 Å². The molecule has 3 heterocycles. The van der Waals surface area contributed by atoms with E-state index >= 15 is 0 Å². The summed E-state index contributed by atoms with van der Waals surface area (Å²) in [5, 5.41) is 9.16. The van der Waals surface area contributed by atoms with Crippen molar-refractivity contribution in [2.24, 2.45) is 17.8 Å². The quantitative estimate of drug-likeness (QED) is 0.621. The molecule has 2 unspecified atom stereocenters. The monoisotopic (exact) mass is 466 g/mol. The number of ether oxygens (including phenoxy) is 1. The molecule has 2 amide bonds. The lowest BCUT2D eigenvalue weighted by Crippen LogP contribution is -2.45. The van der Waals surface area contributed by atoms with Crippen molar-refractivity contribution in [3.05, 3.63) is 34.9 Å². The molecule has 182 valence electrons. The summed E-state index contributed by atoms with van der Waals surface area (Å²) in [6.45, 7) is 7.09. The van der Waals surface area contributed by atoms with E-state index in [1.807, 2.05) is 17.0 Å². The summed E-state index contributed by atoms with van der Waals surface area (Å²) in [5.41, 5.74) is 12.0. The first-order valence-electron chi connectivity index (χ1n) is 12.4. The van der Waals surface area contributed by atoms with Gasteiger partial charge in [-0.25, -0.2) is 15.6 Å². The van der Waals surface area contributed by atoms with Crippen LogP contribution in [-0.4, -0.2) is 60.1 Å². The number of hydrogen-bond donors (Lipinski definition) is 3. The van der Waals surface area contributed by atoms with Crippen LogP contribution < -0.4 is 16.4 Å². The van der Waals surface area contributed by atoms with E-state index in [1.54, 1.807) is 11.0 Å². The van der Waals surface area contributed by atoms with Gasteiger partial charge in [-0.1, -0.05) is 19.9 Å². The second-order valence-corrected chi connectivity index (χ2v) is 10.5. The smallest absolute Gasteiger partial charge is 0.410 e. The number of rotatable bonds is 4. The molecule has 9 nitrogen and oxygen atoms in total. The third-order valence-corrected chi connectivity index (χ3v) is 8.02. The van der Waals surface area contributed by atoms with Crippen LogP contribution in [0, 0.1) is 29.1 Å². The summed E-state index contributed by atoms with van der Waals surface area (Å²) in [4.78, 5) is 29.8. The molecule has 34 heavy (non-hydrogen) atoms. The number of hydrogen-bond acceptors (Lipinski definition) is 7. The van der Waals surface area contributed by atoms with E-state index in [0.717, 1.165) is 43.5 Å². The first-order valence-corrected chi connectivity index (χ1v) is 12.4. The number of carbonyl (C=O) groups is 2. The minimum absolute atomic E-state index is 0.0814. The molecule has 5 rings (SSSR count). The fourth-order valence-electron chi connectivity index (χ4n) is 6.10. The molecule has 3 N–H and O–H groups in total. The van der Waals surface area contributed by atoms with E-state index in [0.29, 0.717) is 42.6 Å². The lowest BCUT2D eigenvalue weighted by Gasteiger charge is -2.32. The second-order valence-electron chi connectivity index (χ2n) is 10.5. The van der Waals surface area contributed by atoms with E-state index in [2.05, 4.69) is 36.3 Å². The first-order chi connectivity index (χ1) is 16.4. The standard InChI is InChI=1S/C25H34N6O3/c1-15(2)21-7-16(9-26)3-4-18(21)14-34-25(33)31-12-19-10-30(11-20(19)13-31)24(32)17-5-6-22-23(8-17)28-29-27-22/h3-4,7,15,17,19-20,22-23,27-29H,5-6,8,10-14H2,1-2H3/t17-,19+,20+,22?,23?/m1/s1. The number of nitrogens with zero attached hydrogens (tertiary/aromatic N) is 3. The number of benzene rings is 1. The Balaban J connectivity index is 1.12. The maximum absolute atomic E-state index is 13.2. The molecule has 3 aliphatic heterocycles. The third-order valence-electron chi connectivity index (χ3n) is 8.02. The summed E-state index contributed by atoms with van der Waals surface area (Å²) < 4.78 is 5.66. The number of amides is 2. The van der Waals surface area contributed by atoms with Crippen molar-refractivity contribution in [1.82, 2.24) is 26.2 Å². The SMILES string of the molecule is CC(C)c1cc(C#N)ccc1COC(=O)N1C[C@@H]2CN(C(=O)[C@@H]3CCC4NNNC4C3)C[C@H]2C1. The first kappa shape index (κ1) is 23.1. The van der Waals surface area contributed by atoms with E-state index in [-0.39, 0.29) is 30.4 Å². The van der Waals surface area contributed by atoms with Crippen LogP contribution in [0.15, 0.2) is 18.2 Å². The zero-order valence-electron chi connectivity index (χ0n) is 19.9. The van der Waals surface area contributed by atoms with Gasteiger partial charge in [-0.15, -0.1) is 0 Å². The molecule has 5 atom stereocenters. The van der Waals surface area contributed by atoms with E-state index < -0.39 is 0 Å². The predicted octanol–water partition coefficient (Wildman–Crippen LogP) is 1.86. The highest BCUT2D eigenvalue weighted by molar-refractivity contribution is 5.79. The third kappa shape index (κ3) is 4.50. The van der Waals surface area contributed by atoms with Crippen molar-refractivity contribution in [1.29, 1.82) is 5.26 Å². The van der Waals surface area contributed by atoms with Gasteiger partial charge in [0.05, 0.1) is 11.6 Å². The fourth-order valence-corrected chi connectivity index (χ4v) is 6.10. The number of carbonyl (C=O) groups excluding carboxylic acids is 2. The highest BCUT2D eigenvalue weighted by Gasteiger charge is 2.46. The lowest BCUT2D eigenvalue weighted by atomic mass is 9.82. The molecular weight excluding hydrogens is 432 g/mol. The molecule has 0 aromatic heterocycles. The second kappa shape index (κ2) is 9.53. The van der Waals surface area contributed by atoms with E-state index in [4.69, 9.17) is 10.00 Å². The van der Waals surface area contributed by atoms with Crippen molar-refractivity contribution in [3.8, 4) is 6.07 Å². The molecule has 0 spiro atoms. The topological polar surface area (TPSA) is 110 Å². The van der Waals surface area contributed by atoms with Crippen LogP contribution in [0.25, 0.3) is 0 Å². The van der Waals surface area contributed by atoms with Crippen molar-refractivity contribution in [3.63, 3.8) is 0 Å². The van der Waals surface area contributed by atoms with E-state index in [9.17, 15) is 9.59 Å². The van der Waals surface area contributed by atoms with Gasteiger partial charge in [0.25, 0.3) is 0 Å². The average Bonchev–Trinajstić information content (AvgIpc) is 3.56. The molecule has 4 aliphatic rings. The van der Waals surface area contributed by atoms with Crippen LogP contribution in [-0.2, 0) is 16.1 Å². The summed E-state index contributed by atoms with van der Waals surface area (Å²) in [7, 11) is 0. The minimum Gasteiger partial charge on any atom is -0.445 e. The molecule has 0 bridgehead atoms. The normalized spacial score (nSPS) is 30.2. The molecule has 9 heteroatoms. The molecule has 4 fully saturated rings. The number of fused-ring (bicyclic) bond motifs is 2. The predicted molar refractivity (Wildman–Crippen MR) is 125 cm³/mol. The Kier molecular flexibility index (Phi) is 6.47. The molecule has 1 aliphatic carbocycles. The van der Waals surface area contributed by atoms with Crippen LogP contribution in [0.1, 0.15) is 55.7 Å². The summed E-state index contributed by atoms with van der Waals surface area (Å²) in [5.74, 6) is 1.24. The number of likely N-dealkylation sites (tertiary alicyclic amines) is 2. The maximum atomic E-state index is 13.2. The summed E-state index contributed by atoms with van der Waals surface area (Å²) in [6, 6.07) is 8.41. The fraction of sp³-hybridized carbons (Fsp3) is 0.640. The Morgan fingerprint density at radius 2 is 1.79 bits per heavy atom. The Morgan fingerprint density at radius 3 is 2.50 bits per heavy atom. The highest BCUT2D eigenvalue weighted by Crippen LogP contribution is 2.35. The van der Waals surface area contributed by atoms with Gasteiger partial charge in [0.15, 0.2) is 0 Å². The summed E-state index contributed by atoms with van der Waals surface area (Å²) in [6.07, 6.45) is 2.49. The van der Waals surface area contributed by atoms with Crippen molar-refractivity contribution in [2.75, 3.05) is 26.2 Å². The van der Waals surface area contributed by atoms with Gasteiger partial charge >= 0.3 is 6.09 Å². The summed E-state index contributed by atoms with van der Waals surface area (Å²) >= 11 is 0. The highest BCUT2D eigenvalue weighted by atomic mass is 16.6. The molecule has 1 aromatic rings. The van der Waals surface area contributed by atoms with Crippen LogP contribution in [0.3, 0.4) is 0 Å². The minimum atomic E-state index is -0.294. The molecular formula is C25H34N6O3. The van der Waals surface area contributed by atoms with Gasteiger partial charge < -0.3 is 14.5 Å². The number of hydrazine groups is 2. The number of nitrogens with one attached hydrogen (secondary N) is 3. The lowest BCUT2D eigenvalue weighted by molar-refractivity contribution is -0.136. The maximum Gasteiger partial charge on any atom is 0.410 e. The Hall–Kier alpha value is -2.67. The molecule has 1 saturated carbocycles. The Morgan fingerprint density at radius 1 is 1.09 bits per heavy atom. The van der Waals surface area contributed by atoms with Crippen LogP contribution in [0.4, 0.5) is 4.79 Å². The Labute approximate surface area is 200 Å². The average molecular weight is 467 g/mol. The largest absolute Gasteiger partial charge is 0.445 e. The van der Waals surface area contributed by atoms with Gasteiger partial charge in [-0.2, -0.15) is 10.8 Å². The van der Waals surface area contributed by atoms with E-state index in [1.165, 1.54) is 0 Å². The van der Waals surface area contributed by atoms with Gasteiger partial charge in [-0.3, -0.25) is 4.79 Å². The number of nitriles is 1. The van der Waals surface area contributed by atoms with Crippen LogP contribution in [0.5, 0.6) is 0 Å². The zero-order valence-corrected chi connectivity index (χ0v) is 19.9. The molecule has 1 aromatic carbocycles. The molecule has 0 radical (unpaired) electrons. The van der Waals surface area contributed by atoms with Gasteiger partial charge in [0, 0.05) is 56.0 Å². The van der Waals surface area contributed by atoms with Gasteiger partial charge in [-0.05, 0) is 48.4 Å². The Bertz CT molecular complexity index is 977.